The Morgan fingerprint density at radius 1 is 1.22 bits per heavy atom. The van der Waals surface area contributed by atoms with E-state index in [9.17, 15) is 4.39 Å². The first-order valence-electron chi connectivity index (χ1n) is 6.48. The van der Waals surface area contributed by atoms with Crippen molar-refractivity contribution in [2.24, 2.45) is 0 Å². The summed E-state index contributed by atoms with van der Waals surface area (Å²) in [6.45, 7) is 8.36. The first-order valence-corrected chi connectivity index (χ1v) is 6.48. The standard InChI is InChI=1S/C14H23FN2O/c1-4-17(5-2)6-7-18-14-9-12(11-16-3)8-13(15)10-14/h8-10,16H,4-7,11H2,1-3H3. The molecule has 1 rings (SSSR count). The molecule has 102 valence electrons. The maximum absolute atomic E-state index is 13.4. The third-order valence-electron chi connectivity index (χ3n) is 2.88. The summed E-state index contributed by atoms with van der Waals surface area (Å²) in [6.07, 6.45) is 0. The molecular weight excluding hydrogens is 231 g/mol. The molecular formula is C14H23FN2O. The van der Waals surface area contributed by atoms with Gasteiger partial charge in [-0.15, -0.1) is 0 Å². The zero-order valence-electron chi connectivity index (χ0n) is 11.5. The predicted molar refractivity (Wildman–Crippen MR) is 72.4 cm³/mol. The molecule has 0 saturated heterocycles. The number of rotatable bonds is 8. The first-order chi connectivity index (χ1) is 8.69. The molecule has 4 heteroatoms. The van der Waals surface area contributed by atoms with Crippen LogP contribution >= 0.6 is 0 Å². The maximum atomic E-state index is 13.4. The van der Waals surface area contributed by atoms with Gasteiger partial charge in [-0.05, 0) is 37.8 Å². The van der Waals surface area contributed by atoms with E-state index in [1.807, 2.05) is 13.1 Å². The Bertz CT molecular complexity index is 354. The molecule has 0 aromatic heterocycles. The molecule has 0 unspecified atom stereocenters. The number of benzene rings is 1. The molecule has 18 heavy (non-hydrogen) atoms. The molecule has 0 atom stereocenters. The lowest BCUT2D eigenvalue weighted by molar-refractivity contribution is 0.222. The van der Waals surface area contributed by atoms with Crippen LogP contribution in [0.4, 0.5) is 4.39 Å². The van der Waals surface area contributed by atoms with E-state index >= 15 is 0 Å². The van der Waals surface area contributed by atoms with Crippen LogP contribution in [-0.2, 0) is 6.54 Å². The van der Waals surface area contributed by atoms with Crippen LogP contribution in [0.5, 0.6) is 5.75 Å². The van der Waals surface area contributed by atoms with Crippen molar-refractivity contribution in [3.8, 4) is 5.75 Å². The first kappa shape index (κ1) is 14.9. The molecule has 0 saturated carbocycles. The van der Waals surface area contributed by atoms with E-state index in [-0.39, 0.29) is 5.82 Å². The van der Waals surface area contributed by atoms with Crippen molar-refractivity contribution in [2.45, 2.75) is 20.4 Å². The Labute approximate surface area is 109 Å². The summed E-state index contributed by atoms with van der Waals surface area (Å²) in [6, 6.07) is 4.83. The van der Waals surface area contributed by atoms with Gasteiger partial charge in [0.15, 0.2) is 0 Å². The van der Waals surface area contributed by atoms with Gasteiger partial charge in [0.2, 0.25) is 0 Å². The largest absolute Gasteiger partial charge is 0.492 e. The van der Waals surface area contributed by atoms with Gasteiger partial charge in [0.1, 0.15) is 18.2 Å². The van der Waals surface area contributed by atoms with Gasteiger partial charge in [-0.1, -0.05) is 13.8 Å². The highest BCUT2D eigenvalue weighted by molar-refractivity contribution is 5.29. The number of hydrogen-bond acceptors (Lipinski definition) is 3. The molecule has 1 N–H and O–H groups in total. The minimum atomic E-state index is -0.249. The normalized spacial score (nSPS) is 10.9. The average molecular weight is 254 g/mol. The second-order valence-corrected chi connectivity index (χ2v) is 4.20. The highest BCUT2D eigenvalue weighted by Gasteiger charge is 2.03. The van der Waals surface area contributed by atoms with Crippen molar-refractivity contribution in [1.82, 2.24) is 10.2 Å². The van der Waals surface area contributed by atoms with Crippen LogP contribution in [0.3, 0.4) is 0 Å². The van der Waals surface area contributed by atoms with Gasteiger partial charge >= 0.3 is 0 Å². The lowest BCUT2D eigenvalue weighted by Crippen LogP contribution is -2.27. The van der Waals surface area contributed by atoms with Crippen LogP contribution < -0.4 is 10.1 Å². The summed E-state index contributed by atoms with van der Waals surface area (Å²) >= 11 is 0. The highest BCUT2D eigenvalue weighted by Crippen LogP contribution is 2.16. The maximum Gasteiger partial charge on any atom is 0.127 e. The van der Waals surface area contributed by atoms with Gasteiger partial charge in [0, 0.05) is 19.2 Å². The van der Waals surface area contributed by atoms with E-state index in [0.717, 1.165) is 25.2 Å². The number of ether oxygens (including phenoxy) is 1. The fourth-order valence-corrected chi connectivity index (χ4v) is 1.84. The van der Waals surface area contributed by atoms with E-state index in [4.69, 9.17) is 4.74 Å². The summed E-state index contributed by atoms with van der Waals surface area (Å²) in [5, 5.41) is 3.00. The van der Waals surface area contributed by atoms with Gasteiger partial charge in [-0.25, -0.2) is 4.39 Å². The van der Waals surface area contributed by atoms with Crippen LogP contribution in [0, 0.1) is 5.82 Å². The summed E-state index contributed by atoms with van der Waals surface area (Å²) in [4.78, 5) is 2.27. The average Bonchev–Trinajstić information content (AvgIpc) is 2.34. The molecule has 0 bridgehead atoms. The minimum absolute atomic E-state index is 0.249. The Morgan fingerprint density at radius 2 is 1.94 bits per heavy atom. The Kier molecular flexibility index (Phi) is 6.68. The van der Waals surface area contributed by atoms with Crippen molar-refractivity contribution in [3.63, 3.8) is 0 Å². The van der Waals surface area contributed by atoms with Crippen molar-refractivity contribution >= 4 is 0 Å². The molecule has 0 aliphatic carbocycles. The zero-order valence-corrected chi connectivity index (χ0v) is 11.5. The Morgan fingerprint density at radius 3 is 2.56 bits per heavy atom. The number of likely N-dealkylation sites (N-methyl/N-ethyl adjacent to an activating group) is 1. The van der Waals surface area contributed by atoms with E-state index < -0.39 is 0 Å². The monoisotopic (exact) mass is 254 g/mol. The molecule has 0 fully saturated rings. The van der Waals surface area contributed by atoms with Gasteiger partial charge in [0.05, 0.1) is 0 Å². The van der Waals surface area contributed by atoms with Crippen LogP contribution in [0.1, 0.15) is 19.4 Å². The Balaban J connectivity index is 2.51. The summed E-state index contributed by atoms with van der Waals surface area (Å²) in [5.41, 5.74) is 0.898. The molecule has 0 amide bonds. The molecule has 3 nitrogen and oxygen atoms in total. The fourth-order valence-electron chi connectivity index (χ4n) is 1.84. The van der Waals surface area contributed by atoms with Crippen molar-refractivity contribution in [3.05, 3.63) is 29.6 Å². The number of nitrogens with zero attached hydrogens (tertiary/aromatic N) is 1. The summed E-state index contributed by atoms with van der Waals surface area (Å²) in [5.74, 6) is 0.355. The summed E-state index contributed by atoms with van der Waals surface area (Å²) < 4.78 is 18.9. The van der Waals surface area contributed by atoms with Crippen LogP contribution in [0.15, 0.2) is 18.2 Å². The van der Waals surface area contributed by atoms with Crippen LogP contribution in [0.2, 0.25) is 0 Å². The number of nitrogens with one attached hydrogen (secondary N) is 1. The molecule has 1 aromatic rings. The topological polar surface area (TPSA) is 24.5 Å². The van der Waals surface area contributed by atoms with E-state index in [1.54, 1.807) is 0 Å². The molecule has 0 radical (unpaired) electrons. The smallest absolute Gasteiger partial charge is 0.127 e. The minimum Gasteiger partial charge on any atom is -0.492 e. The van der Waals surface area contributed by atoms with Crippen LogP contribution in [-0.4, -0.2) is 38.2 Å². The van der Waals surface area contributed by atoms with Crippen LogP contribution in [0.25, 0.3) is 0 Å². The quantitative estimate of drug-likeness (QED) is 0.770. The van der Waals surface area contributed by atoms with Gasteiger partial charge in [0.25, 0.3) is 0 Å². The molecule has 0 aliphatic rings. The van der Waals surface area contributed by atoms with E-state index in [2.05, 4.69) is 24.1 Å². The van der Waals surface area contributed by atoms with Gasteiger partial charge < -0.3 is 15.0 Å². The third-order valence-corrected chi connectivity index (χ3v) is 2.88. The zero-order chi connectivity index (χ0) is 13.4. The molecule has 1 aromatic carbocycles. The molecule has 0 spiro atoms. The SMILES string of the molecule is CCN(CC)CCOc1cc(F)cc(CNC)c1. The fraction of sp³-hybridized carbons (Fsp3) is 0.571. The number of hydrogen-bond donors (Lipinski definition) is 1. The summed E-state index contributed by atoms with van der Waals surface area (Å²) in [7, 11) is 1.84. The lowest BCUT2D eigenvalue weighted by atomic mass is 10.2. The number of halogens is 1. The van der Waals surface area contributed by atoms with Crippen molar-refractivity contribution < 1.29 is 9.13 Å². The van der Waals surface area contributed by atoms with E-state index in [1.165, 1.54) is 12.1 Å². The highest BCUT2D eigenvalue weighted by atomic mass is 19.1. The third kappa shape index (κ3) is 5.02. The Hall–Kier alpha value is -1.13. The van der Waals surface area contributed by atoms with Crippen molar-refractivity contribution in [2.75, 3.05) is 33.3 Å². The predicted octanol–water partition coefficient (Wildman–Crippen LogP) is 2.27. The van der Waals surface area contributed by atoms with Gasteiger partial charge in [-0.2, -0.15) is 0 Å². The van der Waals surface area contributed by atoms with E-state index in [0.29, 0.717) is 18.9 Å². The lowest BCUT2D eigenvalue weighted by Gasteiger charge is -2.18. The van der Waals surface area contributed by atoms with Gasteiger partial charge in [-0.3, -0.25) is 0 Å². The second-order valence-electron chi connectivity index (χ2n) is 4.20. The second kappa shape index (κ2) is 8.06. The molecule has 0 aliphatic heterocycles. The van der Waals surface area contributed by atoms with Crippen molar-refractivity contribution in [1.29, 1.82) is 0 Å². The molecule has 0 heterocycles.